The van der Waals surface area contributed by atoms with Gasteiger partial charge in [-0.1, -0.05) is 52.2 Å². The number of carbonyl (C=O) groups excluding carboxylic acids is 1. The Labute approximate surface area is 152 Å². The van der Waals surface area contributed by atoms with Crippen molar-refractivity contribution in [2.75, 3.05) is 0 Å². The Bertz CT molecular complexity index is 617. The van der Waals surface area contributed by atoms with Crippen molar-refractivity contribution < 1.29 is 14.6 Å². The Balaban J connectivity index is 2.12. The Kier molecular flexibility index (Phi) is 4.81. The van der Waals surface area contributed by atoms with Gasteiger partial charge in [0.25, 0.3) is 0 Å². The predicted molar refractivity (Wildman–Crippen MR) is 100 cm³/mol. The summed E-state index contributed by atoms with van der Waals surface area (Å²) >= 11 is 0. The van der Waals surface area contributed by atoms with E-state index in [4.69, 9.17) is 4.74 Å². The van der Waals surface area contributed by atoms with Gasteiger partial charge in [-0.2, -0.15) is 0 Å². The minimum Gasteiger partial charge on any atom is -0.507 e. The molecule has 3 heteroatoms. The van der Waals surface area contributed by atoms with Crippen molar-refractivity contribution >= 4 is 5.97 Å². The number of ether oxygens (including phenoxy) is 1. The number of aliphatic hydroxyl groups excluding tert-OH is 1. The highest BCUT2D eigenvalue weighted by Gasteiger charge is 2.60. The minimum absolute atomic E-state index is 0.239. The summed E-state index contributed by atoms with van der Waals surface area (Å²) in [6.07, 6.45) is 9.01. The topological polar surface area (TPSA) is 46.5 Å². The maximum absolute atomic E-state index is 12.7. The highest BCUT2D eigenvalue weighted by atomic mass is 16.6. The van der Waals surface area contributed by atoms with Gasteiger partial charge in [-0.15, -0.1) is 0 Å². The van der Waals surface area contributed by atoms with E-state index < -0.39 is 5.60 Å². The van der Waals surface area contributed by atoms with Gasteiger partial charge in [0, 0.05) is 11.8 Å². The molecule has 0 radical (unpaired) electrons. The largest absolute Gasteiger partial charge is 0.507 e. The number of carbonyl (C=O) groups is 1. The molecular weight excluding hydrogens is 312 g/mol. The van der Waals surface area contributed by atoms with Crippen molar-refractivity contribution in [3.63, 3.8) is 0 Å². The van der Waals surface area contributed by atoms with E-state index >= 15 is 0 Å². The van der Waals surface area contributed by atoms with E-state index in [0.717, 1.165) is 25.7 Å². The average molecular weight is 347 g/mol. The van der Waals surface area contributed by atoms with Crippen molar-refractivity contribution in [2.24, 2.45) is 23.2 Å². The smallest absolute Gasteiger partial charge is 0.338 e. The molecule has 3 nitrogen and oxygen atoms in total. The fourth-order valence-electron chi connectivity index (χ4n) is 5.59. The quantitative estimate of drug-likeness (QED) is 0.488. The van der Waals surface area contributed by atoms with Gasteiger partial charge >= 0.3 is 5.97 Å². The minimum atomic E-state index is -0.854. The third kappa shape index (κ3) is 2.94. The molecule has 1 N–H and O–H groups in total. The second-order valence-electron chi connectivity index (χ2n) is 9.20. The monoisotopic (exact) mass is 346 g/mol. The molecule has 0 amide bonds. The molecule has 2 bridgehead atoms. The molecule has 2 aliphatic carbocycles. The van der Waals surface area contributed by atoms with Gasteiger partial charge in [-0.3, -0.25) is 0 Å². The van der Waals surface area contributed by atoms with Crippen molar-refractivity contribution in [1.82, 2.24) is 0 Å². The number of allylic oxidation sites excluding steroid dienone is 1. The summed E-state index contributed by atoms with van der Waals surface area (Å²) in [6, 6.07) is 0. The van der Waals surface area contributed by atoms with Gasteiger partial charge in [-0.05, 0) is 50.4 Å². The maximum Gasteiger partial charge on any atom is 0.338 e. The van der Waals surface area contributed by atoms with E-state index in [9.17, 15) is 9.90 Å². The standard InChI is InChI=1S/C22H34O3/c1-6-17-13-22-19(23)18(20(24)25-22)11-15(3)10-14(2)8-7-9-21(22,5)12-16(17)4/h12,14-15,17,23H,6-11,13H2,1-5H3/t14-,15+,17-,21-,22+/m1/s1. The van der Waals surface area contributed by atoms with E-state index in [1.807, 2.05) is 0 Å². The van der Waals surface area contributed by atoms with Gasteiger partial charge in [0.2, 0.25) is 0 Å². The van der Waals surface area contributed by atoms with E-state index in [-0.39, 0.29) is 17.1 Å². The second kappa shape index (κ2) is 6.48. The lowest BCUT2D eigenvalue weighted by atomic mass is 9.60. The Morgan fingerprint density at radius 1 is 1.32 bits per heavy atom. The fraction of sp³-hybridized carbons (Fsp3) is 0.773. The first-order valence-corrected chi connectivity index (χ1v) is 10.1. The number of aliphatic hydroxyl groups is 1. The van der Waals surface area contributed by atoms with E-state index in [2.05, 4.69) is 40.7 Å². The van der Waals surface area contributed by atoms with E-state index in [1.54, 1.807) is 0 Å². The van der Waals surface area contributed by atoms with Crippen LogP contribution in [0, 0.1) is 23.2 Å². The van der Waals surface area contributed by atoms with Crippen LogP contribution in [0.2, 0.25) is 0 Å². The van der Waals surface area contributed by atoms with Crippen LogP contribution in [0.25, 0.3) is 0 Å². The van der Waals surface area contributed by atoms with Crippen molar-refractivity contribution in [2.45, 2.75) is 85.2 Å². The molecule has 140 valence electrons. The number of rotatable bonds is 1. The molecule has 0 saturated heterocycles. The summed E-state index contributed by atoms with van der Waals surface area (Å²) in [5.41, 5.74) is 0.740. The molecule has 25 heavy (non-hydrogen) atoms. The average Bonchev–Trinajstić information content (AvgIpc) is 2.75. The first-order chi connectivity index (χ1) is 11.7. The third-order valence-electron chi connectivity index (χ3n) is 7.07. The molecule has 1 spiro atoms. The van der Waals surface area contributed by atoms with Crippen molar-refractivity contribution in [3.05, 3.63) is 23.0 Å². The highest BCUT2D eigenvalue weighted by Crippen LogP contribution is 2.57. The van der Waals surface area contributed by atoms with Crippen molar-refractivity contribution in [3.8, 4) is 0 Å². The zero-order chi connectivity index (χ0) is 18.4. The lowest BCUT2D eigenvalue weighted by Gasteiger charge is -2.49. The van der Waals surface area contributed by atoms with Crippen LogP contribution in [0.15, 0.2) is 23.0 Å². The van der Waals surface area contributed by atoms with Crippen LogP contribution in [0.3, 0.4) is 0 Å². The molecular formula is C22H34O3. The maximum atomic E-state index is 12.7. The molecule has 0 aromatic carbocycles. The van der Waals surface area contributed by atoms with Crippen LogP contribution in [-0.2, 0) is 9.53 Å². The highest BCUT2D eigenvalue weighted by molar-refractivity contribution is 5.92. The number of hydrogen-bond donors (Lipinski definition) is 1. The zero-order valence-electron chi connectivity index (χ0n) is 16.5. The molecule has 5 atom stereocenters. The summed E-state index contributed by atoms with van der Waals surface area (Å²) in [6.45, 7) is 11.0. The normalized spacial score (nSPS) is 42.4. The first-order valence-electron chi connectivity index (χ1n) is 10.1. The molecule has 0 saturated carbocycles. The summed E-state index contributed by atoms with van der Waals surface area (Å²) in [7, 11) is 0. The van der Waals surface area contributed by atoms with Crippen LogP contribution in [0.4, 0.5) is 0 Å². The van der Waals surface area contributed by atoms with Crippen LogP contribution >= 0.6 is 0 Å². The fourth-order valence-corrected chi connectivity index (χ4v) is 5.59. The molecule has 3 aliphatic rings. The second-order valence-corrected chi connectivity index (χ2v) is 9.20. The molecule has 0 unspecified atom stereocenters. The van der Waals surface area contributed by atoms with E-state index in [1.165, 1.54) is 12.0 Å². The SMILES string of the molecule is CC[C@@H]1C[C@]23OC(=O)C(=C2O)C[C@@H](C)C[C@H](C)CCC[C@]3(C)C=C1C. The van der Waals surface area contributed by atoms with E-state index in [0.29, 0.717) is 36.2 Å². The summed E-state index contributed by atoms with van der Waals surface area (Å²) in [4.78, 5) is 12.7. The number of hydrogen-bond acceptors (Lipinski definition) is 3. The zero-order valence-corrected chi connectivity index (χ0v) is 16.5. The number of esters is 1. The molecule has 1 aliphatic heterocycles. The molecule has 0 aromatic rings. The third-order valence-corrected chi connectivity index (χ3v) is 7.07. The van der Waals surface area contributed by atoms with Crippen LogP contribution in [-0.4, -0.2) is 16.7 Å². The van der Waals surface area contributed by atoms with Crippen molar-refractivity contribution in [1.29, 1.82) is 0 Å². The molecule has 1 heterocycles. The lowest BCUT2D eigenvalue weighted by Crippen LogP contribution is -2.51. The Morgan fingerprint density at radius 2 is 2.04 bits per heavy atom. The Morgan fingerprint density at radius 3 is 2.72 bits per heavy atom. The van der Waals surface area contributed by atoms with Gasteiger partial charge in [-0.25, -0.2) is 4.79 Å². The lowest BCUT2D eigenvalue weighted by molar-refractivity contribution is -0.162. The van der Waals surface area contributed by atoms with Gasteiger partial charge in [0.1, 0.15) is 5.76 Å². The van der Waals surface area contributed by atoms with Gasteiger partial charge < -0.3 is 9.84 Å². The van der Waals surface area contributed by atoms with Gasteiger partial charge in [0.05, 0.1) is 5.57 Å². The summed E-state index contributed by atoms with van der Waals surface area (Å²) < 4.78 is 6.05. The summed E-state index contributed by atoms with van der Waals surface area (Å²) in [5, 5.41) is 11.2. The Hall–Kier alpha value is -1.25. The summed E-state index contributed by atoms with van der Waals surface area (Å²) in [5.74, 6) is 1.36. The van der Waals surface area contributed by atoms with Crippen LogP contribution in [0.1, 0.15) is 79.6 Å². The first kappa shape index (κ1) is 18.5. The van der Waals surface area contributed by atoms with Gasteiger partial charge in [0.15, 0.2) is 5.60 Å². The van der Waals surface area contributed by atoms with Crippen LogP contribution in [0.5, 0.6) is 0 Å². The molecule has 3 rings (SSSR count). The molecule has 0 aromatic heterocycles. The van der Waals surface area contributed by atoms with Crippen LogP contribution < -0.4 is 0 Å². The molecule has 0 fully saturated rings. The predicted octanol–water partition coefficient (Wildman–Crippen LogP) is 5.71.